The van der Waals surface area contributed by atoms with Gasteiger partial charge in [0.2, 0.25) is 0 Å². The van der Waals surface area contributed by atoms with Crippen molar-refractivity contribution in [3.05, 3.63) is 36.1 Å². The Bertz CT molecular complexity index is 709. The van der Waals surface area contributed by atoms with E-state index in [0.717, 1.165) is 40.0 Å². The summed E-state index contributed by atoms with van der Waals surface area (Å²) in [7, 11) is 1.86. The molecule has 92 valence electrons. The second kappa shape index (κ2) is 3.91. The lowest BCUT2D eigenvalue weighted by Crippen LogP contribution is -1.98. The summed E-state index contributed by atoms with van der Waals surface area (Å²) < 4.78 is 7.28. The van der Waals surface area contributed by atoms with Crippen molar-refractivity contribution in [2.75, 3.05) is 5.73 Å². The first-order valence-corrected chi connectivity index (χ1v) is 6.00. The van der Waals surface area contributed by atoms with Gasteiger partial charge in [-0.05, 0) is 12.5 Å². The molecule has 0 aliphatic rings. The number of furan rings is 1. The average molecular weight is 241 g/mol. The van der Waals surface area contributed by atoms with E-state index in [1.54, 1.807) is 10.9 Å². The summed E-state index contributed by atoms with van der Waals surface area (Å²) in [6, 6.07) is 7.96. The number of fused-ring (bicyclic) bond motifs is 1. The molecular formula is C14H15N3O. The lowest BCUT2D eigenvalue weighted by atomic mass is 10.1. The lowest BCUT2D eigenvalue weighted by Gasteiger charge is -1.98. The number of nitrogens with zero attached hydrogens (tertiary/aromatic N) is 2. The van der Waals surface area contributed by atoms with Crippen LogP contribution in [0.15, 0.2) is 34.9 Å². The molecule has 2 aromatic heterocycles. The van der Waals surface area contributed by atoms with Gasteiger partial charge in [0.1, 0.15) is 23.4 Å². The van der Waals surface area contributed by atoms with Crippen molar-refractivity contribution in [3.8, 4) is 11.3 Å². The van der Waals surface area contributed by atoms with Crippen molar-refractivity contribution < 1.29 is 4.42 Å². The largest absolute Gasteiger partial charge is 0.464 e. The summed E-state index contributed by atoms with van der Waals surface area (Å²) >= 11 is 0. The van der Waals surface area contributed by atoms with Crippen LogP contribution in [0.3, 0.4) is 0 Å². The summed E-state index contributed by atoms with van der Waals surface area (Å²) in [6.07, 6.45) is 2.61. The number of hydrogen-bond donors (Lipinski definition) is 1. The topological polar surface area (TPSA) is 57.0 Å². The maximum Gasteiger partial charge on any atom is 0.134 e. The monoisotopic (exact) mass is 241 g/mol. The highest BCUT2D eigenvalue weighted by Gasteiger charge is 2.17. The number of nitrogens with two attached hydrogens (primary N) is 1. The Morgan fingerprint density at radius 2 is 2.11 bits per heavy atom. The molecule has 0 bridgehead atoms. The molecule has 18 heavy (non-hydrogen) atoms. The first kappa shape index (κ1) is 10.9. The molecule has 0 radical (unpaired) electrons. The Kier molecular flexibility index (Phi) is 2.37. The van der Waals surface area contributed by atoms with Crippen molar-refractivity contribution in [2.24, 2.45) is 7.05 Å². The van der Waals surface area contributed by atoms with Crippen LogP contribution in [0, 0.1) is 0 Å². The van der Waals surface area contributed by atoms with Gasteiger partial charge < -0.3 is 10.2 Å². The van der Waals surface area contributed by atoms with Crippen LogP contribution < -0.4 is 5.73 Å². The van der Waals surface area contributed by atoms with E-state index in [9.17, 15) is 0 Å². The number of rotatable bonds is 2. The molecule has 2 heterocycles. The fourth-order valence-corrected chi connectivity index (χ4v) is 2.31. The van der Waals surface area contributed by atoms with Gasteiger partial charge in [-0.2, -0.15) is 5.10 Å². The Morgan fingerprint density at radius 3 is 2.89 bits per heavy atom. The van der Waals surface area contributed by atoms with E-state index in [4.69, 9.17) is 10.2 Å². The van der Waals surface area contributed by atoms with Crippen LogP contribution in [0.4, 0.5) is 5.82 Å². The number of nitrogen functional groups attached to an aromatic ring is 1. The SMILES string of the molecule is CCc1c(-c2coc3ccccc23)nn(C)c1N. The predicted molar refractivity (Wildman–Crippen MR) is 72.2 cm³/mol. The number of anilines is 1. The Hall–Kier alpha value is -2.23. The van der Waals surface area contributed by atoms with E-state index >= 15 is 0 Å². The fraction of sp³-hybridized carbons (Fsp3) is 0.214. The van der Waals surface area contributed by atoms with Gasteiger partial charge in [-0.3, -0.25) is 4.68 Å². The van der Waals surface area contributed by atoms with Gasteiger partial charge in [0.15, 0.2) is 0 Å². The van der Waals surface area contributed by atoms with Gasteiger partial charge in [0.05, 0.1) is 0 Å². The van der Waals surface area contributed by atoms with E-state index < -0.39 is 0 Å². The van der Waals surface area contributed by atoms with Gasteiger partial charge in [-0.15, -0.1) is 0 Å². The zero-order chi connectivity index (χ0) is 12.7. The minimum atomic E-state index is 0.720. The fourth-order valence-electron chi connectivity index (χ4n) is 2.31. The molecule has 3 rings (SSSR count). The smallest absolute Gasteiger partial charge is 0.134 e. The van der Waals surface area contributed by atoms with E-state index in [-0.39, 0.29) is 0 Å². The van der Waals surface area contributed by atoms with Crippen molar-refractivity contribution >= 4 is 16.8 Å². The molecule has 0 saturated carbocycles. The summed E-state index contributed by atoms with van der Waals surface area (Å²) in [4.78, 5) is 0. The van der Waals surface area contributed by atoms with Crippen LogP contribution in [-0.2, 0) is 13.5 Å². The highest BCUT2D eigenvalue weighted by molar-refractivity contribution is 5.94. The van der Waals surface area contributed by atoms with E-state index in [0.29, 0.717) is 0 Å². The molecule has 1 aromatic carbocycles. The summed E-state index contributed by atoms with van der Waals surface area (Å²) in [5.41, 5.74) is 9.91. The van der Waals surface area contributed by atoms with Crippen molar-refractivity contribution in [2.45, 2.75) is 13.3 Å². The van der Waals surface area contributed by atoms with Crippen LogP contribution in [0.1, 0.15) is 12.5 Å². The summed E-state index contributed by atoms with van der Waals surface area (Å²) in [5, 5.41) is 5.58. The van der Waals surface area contributed by atoms with Gasteiger partial charge in [0.25, 0.3) is 0 Å². The summed E-state index contributed by atoms with van der Waals surface area (Å²) in [6.45, 7) is 2.08. The molecule has 2 N–H and O–H groups in total. The molecule has 0 spiro atoms. The van der Waals surface area contributed by atoms with E-state index in [2.05, 4.69) is 12.0 Å². The maximum absolute atomic E-state index is 6.03. The molecule has 0 amide bonds. The molecule has 0 unspecified atom stereocenters. The highest BCUT2D eigenvalue weighted by atomic mass is 16.3. The van der Waals surface area contributed by atoms with Gasteiger partial charge >= 0.3 is 0 Å². The van der Waals surface area contributed by atoms with Crippen LogP contribution in [0.5, 0.6) is 0 Å². The molecule has 0 aliphatic carbocycles. The van der Waals surface area contributed by atoms with Crippen LogP contribution in [0.25, 0.3) is 22.2 Å². The number of para-hydroxylation sites is 1. The quantitative estimate of drug-likeness (QED) is 0.750. The first-order valence-electron chi connectivity index (χ1n) is 6.00. The van der Waals surface area contributed by atoms with Crippen molar-refractivity contribution in [1.29, 1.82) is 0 Å². The molecule has 3 aromatic rings. The molecule has 0 fully saturated rings. The molecule has 4 nitrogen and oxygen atoms in total. The molecule has 4 heteroatoms. The normalized spacial score (nSPS) is 11.2. The lowest BCUT2D eigenvalue weighted by molar-refractivity contribution is 0.616. The average Bonchev–Trinajstić information content (AvgIpc) is 2.92. The molecular weight excluding hydrogens is 226 g/mol. The Morgan fingerprint density at radius 1 is 1.33 bits per heavy atom. The minimum absolute atomic E-state index is 0.720. The third-order valence-corrected chi connectivity index (χ3v) is 3.28. The van der Waals surface area contributed by atoms with E-state index in [1.807, 2.05) is 31.3 Å². The van der Waals surface area contributed by atoms with E-state index in [1.165, 1.54) is 0 Å². The van der Waals surface area contributed by atoms with Crippen molar-refractivity contribution in [3.63, 3.8) is 0 Å². The van der Waals surface area contributed by atoms with Crippen LogP contribution in [-0.4, -0.2) is 9.78 Å². The molecule has 0 atom stereocenters. The van der Waals surface area contributed by atoms with Gasteiger partial charge in [0, 0.05) is 23.6 Å². The minimum Gasteiger partial charge on any atom is -0.464 e. The highest BCUT2D eigenvalue weighted by Crippen LogP contribution is 2.33. The Labute approximate surface area is 105 Å². The third kappa shape index (κ3) is 1.42. The second-order valence-electron chi connectivity index (χ2n) is 4.34. The van der Waals surface area contributed by atoms with Gasteiger partial charge in [-0.1, -0.05) is 25.1 Å². The second-order valence-corrected chi connectivity index (χ2v) is 4.34. The standard InChI is InChI=1S/C14H15N3O/c1-3-9-13(16-17(2)14(9)15)11-8-18-12-7-5-4-6-10(11)12/h4-8H,3,15H2,1-2H3. The van der Waals surface area contributed by atoms with Crippen LogP contribution in [0.2, 0.25) is 0 Å². The molecule has 0 aliphatic heterocycles. The number of aromatic nitrogens is 2. The van der Waals surface area contributed by atoms with Crippen LogP contribution >= 0.6 is 0 Å². The maximum atomic E-state index is 6.03. The predicted octanol–water partition coefficient (Wildman–Crippen LogP) is 2.98. The number of benzene rings is 1. The van der Waals surface area contributed by atoms with Gasteiger partial charge in [-0.25, -0.2) is 0 Å². The van der Waals surface area contributed by atoms with Crippen molar-refractivity contribution in [1.82, 2.24) is 9.78 Å². The number of aryl methyl sites for hydroxylation is 1. The zero-order valence-corrected chi connectivity index (χ0v) is 10.5. The summed E-state index contributed by atoms with van der Waals surface area (Å²) in [5.74, 6) is 0.720. The third-order valence-electron chi connectivity index (χ3n) is 3.28. The first-order chi connectivity index (χ1) is 8.72. The Balaban J connectivity index is 2.29. The zero-order valence-electron chi connectivity index (χ0n) is 10.5. The number of hydrogen-bond acceptors (Lipinski definition) is 3. The molecule has 0 saturated heterocycles.